The first-order chi connectivity index (χ1) is 35.1. The zero-order chi connectivity index (χ0) is 56.1. The maximum Gasteiger partial charge on any atom is 0.294 e. The zero-order valence-corrected chi connectivity index (χ0v) is 46.3. The summed E-state index contributed by atoms with van der Waals surface area (Å²) in [6.45, 7) is 7.52. The van der Waals surface area contributed by atoms with E-state index in [4.69, 9.17) is 0 Å². The summed E-state index contributed by atoms with van der Waals surface area (Å²) in [5, 5.41) is -0.573. The molecule has 0 amide bonds. The van der Waals surface area contributed by atoms with Crippen molar-refractivity contribution in [2.45, 2.75) is 94.6 Å². The van der Waals surface area contributed by atoms with E-state index < -0.39 is 101 Å². The van der Waals surface area contributed by atoms with Gasteiger partial charge in [0.1, 0.15) is 23.7 Å². The Morgan fingerprint density at radius 3 is 1.93 bits per heavy atom. The first-order valence-corrected chi connectivity index (χ1v) is 32.0. The van der Waals surface area contributed by atoms with E-state index in [2.05, 4.69) is 4.98 Å². The maximum absolute atomic E-state index is 13.4. The second-order valence-electron chi connectivity index (χ2n) is 20.1. The maximum atomic E-state index is 13.4. The van der Waals surface area contributed by atoms with Gasteiger partial charge in [-0.25, -0.2) is 4.98 Å². The summed E-state index contributed by atoms with van der Waals surface area (Å²) in [6.07, 6.45) is 12.4. The number of hydrogen-bond acceptors (Lipinski definition) is 14. The molecule has 0 spiro atoms. The summed E-state index contributed by atoms with van der Waals surface area (Å²) >= 11 is 0. The molecule has 0 fully saturated rings. The zero-order valence-electron chi connectivity index (χ0n) is 42.2. The van der Waals surface area contributed by atoms with Crippen LogP contribution in [-0.4, -0.2) is 128 Å². The van der Waals surface area contributed by atoms with Crippen molar-refractivity contribution in [3.05, 3.63) is 130 Å². The summed E-state index contributed by atoms with van der Waals surface area (Å²) in [6, 6.07) is 10.4. The normalized spacial score (nSPS) is 21.3. The van der Waals surface area contributed by atoms with Crippen molar-refractivity contribution in [1.82, 2.24) is 4.98 Å². The SMILES string of the molecule is CCCCC(=O)c1cc(C2=CC3C(=C4C(=CC3S(=O)(=O)O)[N+](C)=C(C=CC=C3N(CCCS(=O)(=O)O)c5ccc6ccc(S(=O)(=O)O)cc6c5C3(C)CCCS(=O)(=O)O)C4(C)C)C=C2)cc(C(=O)CCCS(=O)(=O)O)n1. The van der Waals surface area contributed by atoms with Gasteiger partial charge in [0.15, 0.2) is 17.3 Å². The van der Waals surface area contributed by atoms with Gasteiger partial charge in [-0.2, -0.15) is 46.7 Å². The van der Waals surface area contributed by atoms with Gasteiger partial charge < -0.3 is 4.90 Å². The molecule has 0 bridgehead atoms. The monoisotopic (exact) mass is 1150 g/mol. The van der Waals surface area contributed by atoms with Gasteiger partial charge in [-0.15, -0.1) is 0 Å². The van der Waals surface area contributed by atoms with E-state index in [1.807, 2.05) is 20.8 Å². The molecule has 3 unspecified atom stereocenters. The number of carbonyl (C=O) groups is 2. The molecule has 0 saturated carbocycles. The fraction of sp³-hybridized carbons (Fsp3) is 0.412. The highest BCUT2D eigenvalue weighted by Gasteiger charge is 2.53. The van der Waals surface area contributed by atoms with Crippen LogP contribution in [0, 0.1) is 11.3 Å². The van der Waals surface area contributed by atoms with Crippen molar-refractivity contribution in [2.75, 3.05) is 35.8 Å². The van der Waals surface area contributed by atoms with Crippen LogP contribution in [0.2, 0.25) is 0 Å². The smallest absolute Gasteiger partial charge is 0.294 e. The number of anilines is 1. The molecule has 4 aliphatic rings. The summed E-state index contributed by atoms with van der Waals surface area (Å²) in [5.74, 6) is -3.86. The molecule has 1 aromatic heterocycles. The summed E-state index contributed by atoms with van der Waals surface area (Å²) < 4.78 is 174. The highest BCUT2D eigenvalue weighted by atomic mass is 32.2. The first kappa shape index (κ1) is 58.3. The number of aromatic nitrogens is 1. The Morgan fingerprint density at radius 1 is 0.750 bits per heavy atom. The molecule has 25 heteroatoms. The number of nitrogens with zero attached hydrogens (tertiary/aromatic N) is 3. The molecular formula is C51H60N3O17S5+. The van der Waals surface area contributed by atoms with Crippen molar-refractivity contribution < 1.29 is 79.0 Å². The number of rotatable bonds is 22. The third kappa shape index (κ3) is 12.6. The van der Waals surface area contributed by atoms with Gasteiger partial charge in [0.25, 0.3) is 50.6 Å². The van der Waals surface area contributed by atoms with Gasteiger partial charge in [-0.1, -0.05) is 49.8 Å². The van der Waals surface area contributed by atoms with Crippen LogP contribution in [0.3, 0.4) is 0 Å². The minimum Gasteiger partial charge on any atom is -0.344 e. The van der Waals surface area contributed by atoms with Crippen LogP contribution in [0.5, 0.6) is 0 Å². The largest absolute Gasteiger partial charge is 0.344 e. The predicted octanol–water partition coefficient (Wildman–Crippen LogP) is 7.01. The molecular weight excluding hydrogens is 1090 g/mol. The van der Waals surface area contributed by atoms with Crippen LogP contribution in [0.1, 0.15) is 111 Å². The molecule has 76 heavy (non-hydrogen) atoms. The van der Waals surface area contributed by atoms with Gasteiger partial charge in [0, 0.05) is 59.8 Å². The average Bonchev–Trinajstić information content (AvgIpc) is 3.68. The lowest BCUT2D eigenvalue weighted by atomic mass is 9.71. The number of carbonyl (C=O) groups excluding carboxylic acids is 2. The Bertz CT molecular complexity index is 3760. The van der Waals surface area contributed by atoms with Crippen molar-refractivity contribution >= 4 is 89.9 Å². The fourth-order valence-electron chi connectivity index (χ4n) is 10.9. The third-order valence-electron chi connectivity index (χ3n) is 14.3. The molecule has 7 rings (SSSR count). The van der Waals surface area contributed by atoms with E-state index in [-0.39, 0.29) is 62.2 Å². The number of hydrogen-bond donors (Lipinski definition) is 5. The van der Waals surface area contributed by atoms with Crippen molar-refractivity contribution in [3.8, 4) is 0 Å². The van der Waals surface area contributed by atoms with Crippen LogP contribution in [-0.2, 0) is 56.0 Å². The Labute approximate surface area is 443 Å². The van der Waals surface area contributed by atoms with E-state index in [1.54, 1.807) is 72.0 Å². The number of allylic oxidation sites excluding steroid dienone is 10. The Kier molecular flexibility index (Phi) is 16.5. The topological polar surface area (TPSA) is 325 Å². The van der Waals surface area contributed by atoms with Crippen LogP contribution in [0.4, 0.5) is 5.69 Å². The molecule has 2 aliphatic heterocycles. The number of fused-ring (bicyclic) bond motifs is 5. The summed E-state index contributed by atoms with van der Waals surface area (Å²) in [4.78, 5) is 32.5. The van der Waals surface area contributed by atoms with E-state index in [0.29, 0.717) is 74.3 Å². The molecule has 0 saturated heterocycles. The Hall–Kier alpha value is -5.35. The van der Waals surface area contributed by atoms with Gasteiger partial charge in [-0.3, -0.25) is 32.4 Å². The Balaban J connectivity index is 1.33. The van der Waals surface area contributed by atoms with Gasteiger partial charge in [0.05, 0.1) is 27.6 Å². The number of pyridine rings is 1. The summed E-state index contributed by atoms with van der Waals surface area (Å²) in [5.41, 5.74) is 2.38. The van der Waals surface area contributed by atoms with Crippen LogP contribution in [0.15, 0.2) is 112 Å². The second-order valence-corrected chi connectivity index (χ2v) is 27.8. The molecule has 3 aromatic rings. The molecule has 2 aliphatic carbocycles. The number of benzene rings is 2. The molecule has 3 atom stereocenters. The standard InChI is InChI=1S/C51H59N3O17S5/c1-6-7-12-43(55)39-28-34(29-40(52-39)44(56)13-9-24-72(57,58)59)33-17-20-36-38(27-33)45(76(69,70)71)31-42-48(36)50(2,3)46(53(42)5)14-8-15-47-51(4,22-10-25-73(60,61)62)49-37-30-35(75(66,67)68)19-16-32(37)18-21-41(49)54(47)23-11-26-74(63,64)65/h8,14-21,27-31,38,45H,6-7,9-13,22-26H2,1-5H3,(H4-,57,58,59,60,61,62,63,64,65,66,67,68,69,70,71)/p+1. The molecule has 20 nitrogen and oxygen atoms in total. The lowest BCUT2D eigenvalue weighted by Crippen LogP contribution is -2.34. The van der Waals surface area contributed by atoms with Crippen LogP contribution in [0.25, 0.3) is 16.3 Å². The Morgan fingerprint density at radius 2 is 1.34 bits per heavy atom. The lowest BCUT2D eigenvalue weighted by molar-refractivity contribution is -0.434. The fourth-order valence-corrected chi connectivity index (χ4v) is 13.8. The van der Waals surface area contributed by atoms with E-state index >= 15 is 0 Å². The van der Waals surface area contributed by atoms with Gasteiger partial charge >= 0.3 is 0 Å². The molecule has 5 N–H and O–H groups in total. The van der Waals surface area contributed by atoms with Crippen molar-refractivity contribution in [2.24, 2.45) is 11.3 Å². The highest BCUT2D eigenvalue weighted by molar-refractivity contribution is 7.87. The highest BCUT2D eigenvalue weighted by Crippen LogP contribution is 2.54. The third-order valence-corrected chi connectivity index (χ3v) is 18.7. The predicted molar refractivity (Wildman–Crippen MR) is 286 cm³/mol. The number of likely N-dealkylation sites (N-methyl/N-ethyl adjacent to an activating group) is 1. The van der Waals surface area contributed by atoms with Gasteiger partial charge in [-0.05, 0) is 122 Å². The van der Waals surface area contributed by atoms with E-state index in [1.165, 1.54) is 36.4 Å². The number of unbranched alkanes of at least 4 members (excludes halogenated alkanes) is 1. The van der Waals surface area contributed by atoms with Crippen LogP contribution < -0.4 is 4.90 Å². The average molecular weight is 1150 g/mol. The summed E-state index contributed by atoms with van der Waals surface area (Å²) in [7, 11) is -21.0. The molecule has 2 aromatic carbocycles. The van der Waals surface area contributed by atoms with Crippen LogP contribution >= 0.6 is 0 Å². The number of ketones is 2. The molecule has 0 radical (unpaired) electrons. The molecule has 3 heterocycles. The van der Waals surface area contributed by atoms with Gasteiger partial charge in [0.2, 0.25) is 5.70 Å². The quantitative estimate of drug-likeness (QED) is 0.0383. The minimum atomic E-state index is -4.83. The minimum absolute atomic E-state index is 0.000157. The van der Waals surface area contributed by atoms with Crippen molar-refractivity contribution in [1.29, 1.82) is 0 Å². The van der Waals surface area contributed by atoms with E-state index in [9.17, 15) is 74.4 Å². The van der Waals surface area contributed by atoms with E-state index in [0.717, 1.165) is 0 Å². The molecule has 410 valence electrons. The second kappa shape index (κ2) is 21.5. The number of Topliss-reactive ketones (excluding diaryl/α,β-unsaturated/α-hetero) is 2. The first-order valence-electron chi connectivity index (χ1n) is 24.2. The lowest BCUT2D eigenvalue weighted by Gasteiger charge is -2.32. The van der Waals surface area contributed by atoms with Crippen molar-refractivity contribution in [3.63, 3.8) is 0 Å².